The van der Waals surface area contributed by atoms with Crippen LogP contribution in [0, 0.1) is 0 Å². The third kappa shape index (κ3) is 59.7. The lowest BCUT2D eigenvalue weighted by molar-refractivity contribution is -0.870. The van der Waals surface area contributed by atoms with Crippen LogP contribution >= 0.6 is 7.82 Å². The molecule has 0 aliphatic rings. The minimum absolute atomic E-state index is 0.0386. The molecule has 10 heteroatoms. The summed E-state index contributed by atoms with van der Waals surface area (Å²) in [7, 11) is 1.14. The van der Waals surface area contributed by atoms with E-state index in [9.17, 15) is 19.0 Å². The van der Waals surface area contributed by atoms with Gasteiger partial charge in [-0.1, -0.05) is 238 Å². The van der Waals surface area contributed by atoms with Gasteiger partial charge < -0.3 is 27.9 Å². The molecule has 0 aromatic rings. The molecule has 0 aromatic heterocycles. The highest BCUT2D eigenvalue weighted by Crippen LogP contribution is 2.38. The Morgan fingerprint density at radius 2 is 0.711 bits per heavy atom. The Labute approximate surface area is 467 Å². The van der Waals surface area contributed by atoms with Crippen molar-refractivity contribution in [1.82, 2.24) is 0 Å². The highest BCUT2D eigenvalue weighted by molar-refractivity contribution is 7.45. The quantitative estimate of drug-likeness (QED) is 0.0195. The lowest BCUT2D eigenvalue weighted by Gasteiger charge is -2.28. The zero-order chi connectivity index (χ0) is 55.6. The van der Waals surface area contributed by atoms with Gasteiger partial charge in [-0.2, -0.15) is 0 Å². The number of unbranched alkanes of at least 4 members (excludes halogenated alkanes) is 20. The predicted octanol–water partition coefficient (Wildman–Crippen LogP) is 18.5. The fourth-order valence-corrected chi connectivity index (χ4v) is 8.61. The third-order valence-electron chi connectivity index (χ3n) is 12.5. The molecular formula is C66H112NO8P. The summed E-state index contributed by atoms with van der Waals surface area (Å²) in [6.07, 6.45) is 79.8. The Morgan fingerprint density at radius 1 is 0.408 bits per heavy atom. The Hall–Kier alpha value is -3.59. The maximum Gasteiger partial charge on any atom is 0.306 e. The van der Waals surface area contributed by atoms with Crippen molar-refractivity contribution in [3.05, 3.63) is 122 Å². The Bertz CT molecular complexity index is 1700. The first-order valence-electron chi connectivity index (χ1n) is 30.2. The number of ether oxygens (including phenoxy) is 2. The third-order valence-corrected chi connectivity index (χ3v) is 13.4. The van der Waals surface area contributed by atoms with Crippen molar-refractivity contribution in [3.8, 4) is 0 Å². The Morgan fingerprint density at radius 3 is 1.05 bits per heavy atom. The van der Waals surface area contributed by atoms with Gasteiger partial charge in [-0.05, 0) is 103 Å². The molecule has 0 aliphatic heterocycles. The number of hydrogen-bond acceptors (Lipinski definition) is 8. The molecule has 9 nitrogen and oxygen atoms in total. The molecule has 434 valence electrons. The molecule has 2 unspecified atom stereocenters. The summed E-state index contributed by atoms with van der Waals surface area (Å²) in [5.74, 6) is -0.857. The van der Waals surface area contributed by atoms with Gasteiger partial charge in [-0.3, -0.25) is 14.2 Å². The first kappa shape index (κ1) is 72.4. The summed E-state index contributed by atoms with van der Waals surface area (Å²) in [4.78, 5) is 37.8. The molecule has 76 heavy (non-hydrogen) atoms. The van der Waals surface area contributed by atoms with Crippen LogP contribution in [0.1, 0.15) is 232 Å². The van der Waals surface area contributed by atoms with E-state index in [1.54, 1.807) is 0 Å². The van der Waals surface area contributed by atoms with Crippen molar-refractivity contribution in [1.29, 1.82) is 0 Å². The highest BCUT2D eigenvalue weighted by Gasteiger charge is 2.22. The summed E-state index contributed by atoms with van der Waals surface area (Å²) >= 11 is 0. The smallest absolute Gasteiger partial charge is 0.306 e. The number of carbonyl (C=O) groups is 2. The molecule has 0 radical (unpaired) electrons. The number of likely N-dealkylation sites (N-methyl/N-ethyl adjacent to an activating group) is 1. The molecule has 0 aliphatic carbocycles. The first-order valence-corrected chi connectivity index (χ1v) is 31.7. The number of hydrogen-bond donors (Lipinski definition) is 0. The van der Waals surface area contributed by atoms with Crippen LogP contribution in [0.25, 0.3) is 0 Å². The molecule has 0 amide bonds. The highest BCUT2D eigenvalue weighted by atomic mass is 31.2. The van der Waals surface area contributed by atoms with Gasteiger partial charge in [0.1, 0.15) is 19.8 Å². The van der Waals surface area contributed by atoms with Gasteiger partial charge in [-0.25, -0.2) is 0 Å². The van der Waals surface area contributed by atoms with E-state index in [0.717, 1.165) is 116 Å². The molecule has 0 fully saturated rings. The summed E-state index contributed by atoms with van der Waals surface area (Å²) in [6, 6.07) is 0. The zero-order valence-electron chi connectivity index (χ0n) is 49.2. The lowest BCUT2D eigenvalue weighted by Crippen LogP contribution is -2.37. The van der Waals surface area contributed by atoms with Gasteiger partial charge in [0.15, 0.2) is 6.10 Å². The van der Waals surface area contributed by atoms with Crippen LogP contribution in [0.5, 0.6) is 0 Å². The van der Waals surface area contributed by atoms with Gasteiger partial charge in [0.25, 0.3) is 7.82 Å². The van der Waals surface area contributed by atoms with E-state index in [4.69, 9.17) is 18.5 Å². The SMILES string of the molecule is CC/C=C\C/C=C\C/C=C\C/C=C\C/C=C\C/C=C\C/C=C\CCCCCCCCCCCCCCCCCC(=O)OC(COC(=O)CCCCCCC/C=C\C/C=C\C/C=C\CC)COP(=O)([O-])OCC[N+](C)(C)C. The van der Waals surface area contributed by atoms with Gasteiger partial charge in [-0.15, -0.1) is 0 Å². The number of allylic oxidation sites excluding steroid dienone is 20. The van der Waals surface area contributed by atoms with Crippen LogP contribution in [0.3, 0.4) is 0 Å². The Kier molecular flexibility index (Phi) is 53.5. The minimum atomic E-state index is -4.64. The molecule has 0 bridgehead atoms. The van der Waals surface area contributed by atoms with E-state index >= 15 is 0 Å². The fourth-order valence-electron chi connectivity index (χ4n) is 7.89. The van der Waals surface area contributed by atoms with Crippen molar-refractivity contribution in [3.63, 3.8) is 0 Å². The number of nitrogens with zero attached hydrogens (tertiary/aromatic N) is 1. The average molecular weight is 1080 g/mol. The van der Waals surface area contributed by atoms with Gasteiger partial charge in [0.05, 0.1) is 27.7 Å². The summed E-state index contributed by atoms with van der Waals surface area (Å²) in [6.45, 7) is 3.98. The summed E-state index contributed by atoms with van der Waals surface area (Å²) in [5, 5.41) is 0. The van der Waals surface area contributed by atoms with E-state index in [-0.39, 0.29) is 26.1 Å². The largest absolute Gasteiger partial charge is 0.756 e. The van der Waals surface area contributed by atoms with Gasteiger partial charge in [0, 0.05) is 12.8 Å². The van der Waals surface area contributed by atoms with Crippen LogP contribution in [0.4, 0.5) is 0 Å². The lowest BCUT2D eigenvalue weighted by atomic mass is 10.0. The molecule has 0 spiro atoms. The molecule has 2 atom stereocenters. The van der Waals surface area contributed by atoms with Crippen LogP contribution in [0.15, 0.2) is 122 Å². The van der Waals surface area contributed by atoms with Crippen LogP contribution in [-0.2, 0) is 32.7 Å². The van der Waals surface area contributed by atoms with Crippen LogP contribution in [0.2, 0.25) is 0 Å². The van der Waals surface area contributed by atoms with E-state index < -0.39 is 32.5 Å². The average Bonchev–Trinajstić information content (AvgIpc) is 3.38. The topological polar surface area (TPSA) is 111 Å². The van der Waals surface area contributed by atoms with Gasteiger partial charge in [0.2, 0.25) is 0 Å². The fraction of sp³-hybridized carbons (Fsp3) is 0.667. The van der Waals surface area contributed by atoms with Gasteiger partial charge >= 0.3 is 11.9 Å². The molecule has 0 heterocycles. The van der Waals surface area contributed by atoms with Crippen molar-refractivity contribution in [2.75, 3.05) is 47.5 Å². The van der Waals surface area contributed by atoms with E-state index in [1.807, 2.05) is 21.1 Å². The Balaban J connectivity index is 4.06. The number of phosphoric acid groups is 1. The van der Waals surface area contributed by atoms with Crippen molar-refractivity contribution >= 4 is 19.8 Å². The van der Waals surface area contributed by atoms with E-state index in [0.29, 0.717) is 23.9 Å². The standard InChI is InChI=1S/C66H112NO8P/c1-6-8-10-12-14-16-18-20-22-23-24-25-26-27-28-29-30-31-32-33-34-35-36-37-38-39-40-41-42-43-45-47-49-51-53-55-57-59-66(69)75-64(63-74-76(70,71)73-61-60-67(3,4)5)62-72-65(68)58-56-54-52-50-48-46-44-21-19-17-15-13-11-9-7-2/h8-11,14-17,20-22,24-25,27-28,30-31,33-34,44,64H,6-7,12-13,18-19,23,26,29,32,35-43,45-63H2,1-5H3/b10-8-,11-9-,16-14-,17-15-,22-20-,25-24-,28-27-,31-30-,34-33-,44-21-. The number of esters is 2. The second-order valence-corrected chi connectivity index (χ2v) is 22.4. The number of rotatable bonds is 54. The normalized spacial score (nSPS) is 14.1. The molecule has 0 saturated carbocycles. The first-order chi connectivity index (χ1) is 37.0. The molecule has 0 N–H and O–H groups in total. The van der Waals surface area contributed by atoms with Crippen molar-refractivity contribution in [2.45, 2.75) is 238 Å². The monoisotopic (exact) mass is 1080 g/mol. The van der Waals surface area contributed by atoms with Crippen LogP contribution in [-0.4, -0.2) is 70.0 Å². The minimum Gasteiger partial charge on any atom is -0.756 e. The molecular weight excluding hydrogens is 966 g/mol. The number of quaternary nitrogens is 1. The van der Waals surface area contributed by atoms with Crippen LogP contribution < -0.4 is 4.89 Å². The number of carbonyl (C=O) groups excluding carboxylic acids is 2. The zero-order valence-corrected chi connectivity index (χ0v) is 50.0. The number of phosphoric ester groups is 1. The summed E-state index contributed by atoms with van der Waals surface area (Å²) in [5.41, 5.74) is 0. The second kappa shape index (κ2) is 56.1. The predicted molar refractivity (Wildman–Crippen MR) is 323 cm³/mol. The molecule has 0 aromatic carbocycles. The molecule has 0 rings (SSSR count). The second-order valence-electron chi connectivity index (χ2n) is 20.9. The van der Waals surface area contributed by atoms with Crippen molar-refractivity contribution < 1.29 is 42.1 Å². The van der Waals surface area contributed by atoms with E-state index in [1.165, 1.54) is 77.0 Å². The maximum atomic E-state index is 12.8. The summed E-state index contributed by atoms with van der Waals surface area (Å²) < 4.78 is 34.1. The van der Waals surface area contributed by atoms with E-state index in [2.05, 4.69) is 135 Å². The maximum absolute atomic E-state index is 12.8. The van der Waals surface area contributed by atoms with Crippen molar-refractivity contribution in [2.24, 2.45) is 0 Å². The molecule has 0 saturated heterocycles.